The number of aromatic amines is 1. The smallest absolute Gasteiger partial charge is 0.412 e. The van der Waals surface area contributed by atoms with E-state index in [2.05, 4.69) is 5.32 Å². The van der Waals surface area contributed by atoms with Crippen LogP contribution in [0.1, 0.15) is 20.8 Å². The number of ether oxygens (including phenoxy) is 1. The van der Waals surface area contributed by atoms with Gasteiger partial charge < -0.3 is 9.72 Å². The van der Waals surface area contributed by atoms with Gasteiger partial charge in [-0.05, 0) is 20.8 Å². The molecule has 0 saturated carbocycles. The van der Waals surface area contributed by atoms with E-state index >= 15 is 0 Å². The van der Waals surface area contributed by atoms with Crippen molar-refractivity contribution in [3.05, 3.63) is 27.4 Å². The van der Waals surface area contributed by atoms with Crippen LogP contribution in [-0.4, -0.2) is 16.7 Å². The summed E-state index contributed by atoms with van der Waals surface area (Å²) in [6, 6.07) is 0.880. The van der Waals surface area contributed by atoms with E-state index in [1.54, 1.807) is 20.8 Å². The molecule has 5 nitrogen and oxygen atoms in total. The molecule has 0 aromatic carbocycles. The largest absolute Gasteiger partial charge is 0.444 e. The molecule has 0 fully saturated rings. The SMILES string of the molecule is CC(C)(C)OC(=O)Nc1cc(=O)[nH]c(Cl)c1F. The van der Waals surface area contributed by atoms with Crippen molar-refractivity contribution in [1.82, 2.24) is 4.98 Å². The van der Waals surface area contributed by atoms with E-state index in [1.165, 1.54) is 0 Å². The number of halogens is 2. The fraction of sp³-hybridized carbons (Fsp3) is 0.400. The molecule has 0 bridgehead atoms. The van der Waals surface area contributed by atoms with Gasteiger partial charge in [-0.15, -0.1) is 0 Å². The Kier molecular flexibility index (Phi) is 3.77. The van der Waals surface area contributed by atoms with E-state index in [4.69, 9.17) is 16.3 Å². The average Bonchev–Trinajstić information content (AvgIpc) is 2.10. The molecule has 2 N–H and O–H groups in total. The fourth-order valence-electron chi connectivity index (χ4n) is 1.02. The molecule has 0 radical (unpaired) electrons. The Balaban J connectivity index is 2.89. The van der Waals surface area contributed by atoms with Crippen LogP contribution in [0.25, 0.3) is 0 Å². The molecule has 1 aromatic rings. The first-order chi connectivity index (χ1) is 7.69. The topological polar surface area (TPSA) is 71.2 Å². The van der Waals surface area contributed by atoms with Gasteiger partial charge in [-0.1, -0.05) is 11.6 Å². The molecule has 1 aromatic heterocycles. The Morgan fingerprint density at radius 2 is 2.12 bits per heavy atom. The molecule has 17 heavy (non-hydrogen) atoms. The first kappa shape index (κ1) is 13.5. The summed E-state index contributed by atoms with van der Waals surface area (Å²) in [6.45, 7) is 4.98. The molecule has 0 spiro atoms. The van der Waals surface area contributed by atoms with Crippen molar-refractivity contribution in [2.24, 2.45) is 0 Å². The average molecular weight is 263 g/mol. The zero-order valence-electron chi connectivity index (χ0n) is 9.56. The molecule has 0 aliphatic heterocycles. The van der Waals surface area contributed by atoms with Gasteiger partial charge in [0.05, 0.1) is 5.69 Å². The van der Waals surface area contributed by atoms with Crippen LogP contribution in [0.5, 0.6) is 0 Å². The van der Waals surface area contributed by atoms with Crippen LogP contribution in [0.15, 0.2) is 10.9 Å². The summed E-state index contributed by atoms with van der Waals surface area (Å²) in [5.41, 5.74) is -1.67. The number of anilines is 1. The number of hydrogen-bond acceptors (Lipinski definition) is 3. The molecular weight excluding hydrogens is 251 g/mol. The van der Waals surface area contributed by atoms with Crippen molar-refractivity contribution in [3.63, 3.8) is 0 Å². The van der Waals surface area contributed by atoms with Crippen LogP contribution in [-0.2, 0) is 4.74 Å². The van der Waals surface area contributed by atoms with Gasteiger partial charge in [0.25, 0.3) is 5.56 Å². The summed E-state index contributed by atoms with van der Waals surface area (Å²) >= 11 is 5.41. The number of hydrogen-bond donors (Lipinski definition) is 2. The highest BCUT2D eigenvalue weighted by atomic mass is 35.5. The molecule has 1 heterocycles. The Bertz CT molecular complexity index is 493. The highest BCUT2D eigenvalue weighted by Gasteiger charge is 2.18. The summed E-state index contributed by atoms with van der Waals surface area (Å²) < 4.78 is 18.3. The summed E-state index contributed by atoms with van der Waals surface area (Å²) in [6.07, 6.45) is -0.863. The second-order valence-electron chi connectivity index (χ2n) is 4.30. The lowest BCUT2D eigenvalue weighted by atomic mass is 10.2. The highest BCUT2D eigenvalue weighted by molar-refractivity contribution is 6.29. The normalized spacial score (nSPS) is 11.1. The fourth-order valence-corrected chi connectivity index (χ4v) is 1.21. The molecule has 0 atom stereocenters. The molecule has 1 amide bonds. The predicted octanol–water partition coefficient (Wildman–Crippen LogP) is 2.51. The summed E-state index contributed by atoms with van der Waals surface area (Å²) in [5.74, 6) is -0.919. The quantitative estimate of drug-likeness (QED) is 0.764. The first-order valence-corrected chi connectivity index (χ1v) is 5.15. The van der Waals surface area contributed by atoms with Gasteiger partial charge in [-0.2, -0.15) is 0 Å². The number of carbonyl (C=O) groups excluding carboxylic acids is 1. The minimum absolute atomic E-state index is 0.326. The van der Waals surface area contributed by atoms with Crippen molar-refractivity contribution in [2.75, 3.05) is 5.32 Å². The number of aromatic nitrogens is 1. The van der Waals surface area contributed by atoms with Crippen LogP contribution in [0, 0.1) is 5.82 Å². The van der Waals surface area contributed by atoms with E-state index in [1.807, 2.05) is 4.98 Å². The molecule has 1 rings (SSSR count). The van der Waals surface area contributed by atoms with E-state index in [-0.39, 0.29) is 5.69 Å². The molecule has 94 valence electrons. The minimum atomic E-state index is -0.919. The van der Waals surface area contributed by atoms with Gasteiger partial charge in [0.2, 0.25) is 0 Å². The van der Waals surface area contributed by atoms with Crippen molar-refractivity contribution in [2.45, 2.75) is 26.4 Å². The third-order valence-corrected chi connectivity index (χ3v) is 1.83. The summed E-state index contributed by atoms with van der Waals surface area (Å²) in [7, 11) is 0. The monoisotopic (exact) mass is 262 g/mol. The van der Waals surface area contributed by atoms with E-state index in [0.717, 1.165) is 6.07 Å². The van der Waals surface area contributed by atoms with Crippen molar-refractivity contribution in [1.29, 1.82) is 0 Å². The van der Waals surface area contributed by atoms with Gasteiger partial charge in [-0.3, -0.25) is 10.1 Å². The third-order valence-electron chi connectivity index (χ3n) is 1.57. The van der Waals surface area contributed by atoms with Crippen LogP contribution in [0.2, 0.25) is 5.15 Å². The zero-order chi connectivity index (χ0) is 13.2. The predicted molar refractivity (Wildman–Crippen MR) is 61.9 cm³/mol. The highest BCUT2D eigenvalue weighted by Crippen LogP contribution is 2.18. The second-order valence-corrected chi connectivity index (χ2v) is 4.68. The van der Waals surface area contributed by atoms with E-state index in [0.29, 0.717) is 0 Å². The lowest BCUT2D eigenvalue weighted by molar-refractivity contribution is 0.0635. The van der Waals surface area contributed by atoms with Crippen molar-refractivity contribution < 1.29 is 13.9 Å². The standard InChI is InChI=1S/C10H12ClFN2O3/c1-10(2,3)17-9(16)13-5-4-6(15)14-8(11)7(5)12/h4H,1-3H3,(H2,13,14,15,16). The molecule has 0 saturated heterocycles. The van der Waals surface area contributed by atoms with Gasteiger partial charge >= 0.3 is 6.09 Å². The van der Waals surface area contributed by atoms with Crippen LogP contribution in [0.4, 0.5) is 14.9 Å². The maximum absolute atomic E-state index is 13.4. The van der Waals surface area contributed by atoms with Gasteiger partial charge in [0, 0.05) is 6.07 Å². The summed E-state index contributed by atoms with van der Waals surface area (Å²) in [4.78, 5) is 24.4. The Hall–Kier alpha value is -1.56. The second kappa shape index (κ2) is 4.75. The van der Waals surface area contributed by atoms with E-state index < -0.39 is 28.2 Å². The lowest BCUT2D eigenvalue weighted by Crippen LogP contribution is -2.28. The van der Waals surface area contributed by atoms with Gasteiger partial charge in [0.1, 0.15) is 10.8 Å². The number of H-pyrrole nitrogens is 1. The third kappa shape index (κ3) is 4.07. The number of amides is 1. The van der Waals surface area contributed by atoms with Crippen LogP contribution >= 0.6 is 11.6 Å². The maximum Gasteiger partial charge on any atom is 0.412 e. The number of rotatable bonds is 1. The number of carbonyl (C=O) groups is 1. The Morgan fingerprint density at radius 1 is 1.53 bits per heavy atom. The Labute approximate surface area is 102 Å². The van der Waals surface area contributed by atoms with Crippen LogP contribution in [0.3, 0.4) is 0 Å². The number of pyridine rings is 1. The number of nitrogens with one attached hydrogen (secondary N) is 2. The molecule has 0 aliphatic rings. The molecule has 0 aliphatic carbocycles. The molecule has 0 unspecified atom stereocenters. The maximum atomic E-state index is 13.4. The molecular formula is C10H12ClFN2O3. The lowest BCUT2D eigenvalue weighted by Gasteiger charge is -2.19. The zero-order valence-corrected chi connectivity index (χ0v) is 10.3. The summed E-state index contributed by atoms with van der Waals surface area (Å²) in [5, 5.41) is 1.64. The molecule has 7 heteroatoms. The minimum Gasteiger partial charge on any atom is -0.444 e. The van der Waals surface area contributed by atoms with Gasteiger partial charge in [0.15, 0.2) is 5.82 Å². The van der Waals surface area contributed by atoms with E-state index in [9.17, 15) is 14.0 Å². The van der Waals surface area contributed by atoms with Crippen LogP contribution < -0.4 is 10.9 Å². The van der Waals surface area contributed by atoms with Gasteiger partial charge in [-0.25, -0.2) is 9.18 Å². The van der Waals surface area contributed by atoms with Crippen molar-refractivity contribution >= 4 is 23.4 Å². The Morgan fingerprint density at radius 3 is 2.65 bits per heavy atom. The first-order valence-electron chi connectivity index (χ1n) is 4.77. The van der Waals surface area contributed by atoms with Crippen molar-refractivity contribution in [3.8, 4) is 0 Å².